The van der Waals surface area contributed by atoms with E-state index in [2.05, 4.69) is 42.3 Å². The first kappa shape index (κ1) is 16.0. The van der Waals surface area contributed by atoms with Gasteiger partial charge in [0.2, 0.25) is 0 Å². The second-order valence-corrected chi connectivity index (χ2v) is 4.86. The fourth-order valence-electron chi connectivity index (χ4n) is 2.24. The lowest BCUT2D eigenvalue weighted by molar-refractivity contribution is 0.254. The van der Waals surface area contributed by atoms with Crippen molar-refractivity contribution in [2.24, 2.45) is 0 Å². The number of hydrogen-bond acceptors (Lipinski definition) is 3. The average Bonchev–Trinajstić information content (AvgIpc) is 2.47. The number of hydrogen-bond donors (Lipinski definition) is 1. The maximum Gasteiger partial charge on any atom is 0.119 e. The van der Waals surface area contributed by atoms with Crippen LogP contribution in [0, 0.1) is 0 Å². The van der Waals surface area contributed by atoms with E-state index in [9.17, 15) is 0 Å². The van der Waals surface area contributed by atoms with Gasteiger partial charge in [0, 0.05) is 12.6 Å². The lowest BCUT2D eigenvalue weighted by Crippen LogP contribution is -2.34. The van der Waals surface area contributed by atoms with Crippen LogP contribution in [0.15, 0.2) is 24.3 Å². The van der Waals surface area contributed by atoms with Crippen LogP contribution in [0.4, 0.5) is 0 Å². The van der Waals surface area contributed by atoms with Crippen LogP contribution in [0.1, 0.15) is 38.3 Å². The summed E-state index contributed by atoms with van der Waals surface area (Å²) in [7, 11) is 3.74. The first-order valence-electron chi connectivity index (χ1n) is 7.28. The zero-order valence-corrected chi connectivity index (χ0v) is 12.8. The number of methoxy groups -OCH3 is 1. The predicted octanol–water partition coefficient (Wildman–Crippen LogP) is 3.08. The Hall–Kier alpha value is -1.06. The first-order valence-corrected chi connectivity index (χ1v) is 7.28. The minimum Gasteiger partial charge on any atom is -0.497 e. The third-order valence-electron chi connectivity index (χ3n) is 3.56. The van der Waals surface area contributed by atoms with E-state index in [1.54, 1.807) is 7.11 Å². The van der Waals surface area contributed by atoms with Crippen molar-refractivity contribution in [2.45, 2.75) is 32.7 Å². The van der Waals surface area contributed by atoms with Crippen LogP contribution in [0.3, 0.4) is 0 Å². The molecule has 0 saturated heterocycles. The normalized spacial score (nSPS) is 12.7. The summed E-state index contributed by atoms with van der Waals surface area (Å²) < 4.78 is 5.30. The molecule has 108 valence electrons. The molecule has 1 unspecified atom stereocenters. The van der Waals surface area contributed by atoms with E-state index in [0.29, 0.717) is 6.04 Å². The summed E-state index contributed by atoms with van der Waals surface area (Å²) in [5.74, 6) is 0.925. The van der Waals surface area contributed by atoms with Crippen molar-refractivity contribution in [3.63, 3.8) is 0 Å². The number of unbranched alkanes of at least 4 members (excludes halogenated alkanes) is 1. The van der Waals surface area contributed by atoms with E-state index in [0.717, 1.165) is 18.8 Å². The van der Waals surface area contributed by atoms with Crippen LogP contribution in [0.25, 0.3) is 0 Å². The van der Waals surface area contributed by atoms with Crippen LogP contribution in [0.5, 0.6) is 5.75 Å². The van der Waals surface area contributed by atoms with Crippen molar-refractivity contribution in [2.75, 3.05) is 33.8 Å². The van der Waals surface area contributed by atoms with Gasteiger partial charge in [-0.1, -0.05) is 32.4 Å². The highest BCUT2D eigenvalue weighted by Crippen LogP contribution is 2.20. The Balaban J connectivity index is 2.69. The summed E-state index contributed by atoms with van der Waals surface area (Å²) in [5.41, 5.74) is 1.29. The molecule has 0 spiro atoms. The van der Waals surface area contributed by atoms with E-state index in [1.165, 1.54) is 24.9 Å². The van der Waals surface area contributed by atoms with E-state index in [-0.39, 0.29) is 0 Å². The molecular weight excluding hydrogens is 236 g/mol. The second-order valence-electron chi connectivity index (χ2n) is 4.86. The fraction of sp³-hybridized carbons (Fsp3) is 0.625. The average molecular weight is 264 g/mol. The Labute approximate surface area is 118 Å². The minimum atomic E-state index is 0.354. The van der Waals surface area contributed by atoms with Gasteiger partial charge in [-0.15, -0.1) is 0 Å². The molecule has 1 N–H and O–H groups in total. The van der Waals surface area contributed by atoms with E-state index in [1.807, 2.05) is 13.1 Å². The molecule has 1 atom stereocenters. The van der Waals surface area contributed by atoms with Crippen LogP contribution >= 0.6 is 0 Å². The van der Waals surface area contributed by atoms with E-state index < -0.39 is 0 Å². The Kier molecular flexibility index (Phi) is 7.53. The summed E-state index contributed by atoms with van der Waals surface area (Å²) >= 11 is 0. The number of benzene rings is 1. The van der Waals surface area contributed by atoms with Crippen molar-refractivity contribution >= 4 is 0 Å². The van der Waals surface area contributed by atoms with Gasteiger partial charge in [-0.05, 0) is 44.3 Å². The molecule has 0 fully saturated rings. The predicted molar refractivity (Wildman–Crippen MR) is 81.8 cm³/mol. The van der Waals surface area contributed by atoms with Gasteiger partial charge in [0.25, 0.3) is 0 Å². The topological polar surface area (TPSA) is 24.5 Å². The summed E-state index contributed by atoms with van der Waals surface area (Å²) in [6.07, 6.45) is 2.52. The number of nitrogens with zero attached hydrogens (tertiary/aromatic N) is 1. The van der Waals surface area contributed by atoms with E-state index >= 15 is 0 Å². The fourth-order valence-corrected chi connectivity index (χ4v) is 2.24. The van der Waals surface area contributed by atoms with Crippen molar-refractivity contribution < 1.29 is 4.74 Å². The third-order valence-corrected chi connectivity index (χ3v) is 3.56. The van der Waals surface area contributed by atoms with Crippen LogP contribution < -0.4 is 10.1 Å². The van der Waals surface area contributed by atoms with Gasteiger partial charge in [0.05, 0.1) is 7.11 Å². The molecule has 3 heteroatoms. The Morgan fingerprint density at radius 2 is 2.11 bits per heavy atom. The third kappa shape index (κ3) is 5.21. The molecular formula is C16H28N2O. The molecule has 0 radical (unpaired) electrons. The summed E-state index contributed by atoms with van der Waals surface area (Å²) in [6.45, 7) is 7.79. The zero-order chi connectivity index (χ0) is 14.1. The van der Waals surface area contributed by atoms with Gasteiger partial charge in [-0.2, -0.15) is 0 Å². The number of ether oxygens (including phenoxy) is 1. The molecule has 1 rings (SSSR count). The Morgan fingerprint density at radius 1 is 1.32 bits per heavy atom. The van der Waals surface area contributed by atoms with Crippen LogP contribution in [-0.4, -0.2) is 38.7 Å². The zero-order valence-electron chi connectivity index (χ0n) is 12.8. The smallest absolute Gasteiger partial charge is 0.119 e. The van der Waals surface area contributed by atoms with Crippen molar-refractivity contribution in [1.82, 2.24) is 10.2 Å². The maximum absolute atomic E-state index is 5.30. The molecule has 0 heterocycles. The highest BCUT2D eigenvalue weighted by atomic mass is 16.5. The van der Waals surface area contributed by atoms with Crippen LogP contribution in [-0.2, 0) is 0 Å². The van der Waals surface area contributed by atoms with Gasteiger partial charge in [-0.3, -0.25) is 0 Å². The van der Waals surface area contributed by atoms with Crippen LogP contribution in [0.2, 0.25) is 0 Å². The van der Waals surface area contributed by atoms with Gasteiger partial charge < -0.3 is 15.0 Å². The quantitative estimate of drug-likeness (QED) is 0.742. The van der Waals surface area contributed by atoms with Gasteiger partial charge in [0.1, 0.15) is 5.75 Å². The number of rotatable bonds is 9. The molecule has 0 aliphatic carbocycles. The SMILES string of the molecule is CCCCN(CC)CC(NC)c1cccc(OC)c1. The summed E-state index contributed by atoms with van der Waals surface area (Å²) in [4.78, 5) is 2.50. The molecule has 0 aliphatic rings. The largest absolute Gasteiger partial charge is 0.497 e. The lowest BCUT2D eigenvalue weighted by atomic mass is 10.1. The molecule has 1 aromatic carbocycles. The molecule has 0 amide bonds. The van der Waals surface area contributed by atoms with Crippen molar-refractivity contribution in [1.29, 1.82) is 0 Å². The second kappa shape index (κ2) is 8.94. The summed E-state index contributed by atoms with van der Waals surface area (Å²) in [5, 5.41) is 3.41. The number of likely N-dealkylation sites (N-methyl/N-ethyl adjacent to an activating group) is 2. The molecule has 1 aromatic rings. The lowest BCUT2D eigenvalue weighted by Gasteiger charge is -2.26. The number of nitrogens with one attached hydrogen (secondary N) is 1. The highest BCUT2D eigenvalue weighted by molar-refractivity contribution is 5.30. The maximum atomic E-state index is 5.30. The molecule has 0 aromatic heterocycles. The Morgan fingerprint density at radius 3 is 2.68 bits per heavy atom. The molecule has 19 heavy (non-hydrogen) atoms. The Bertz CT molecular complexity index is 354. The molecule has 3 nitrogen and oxygen atoms in total. The van der Waals surface area contributed by atoms with Gasteiger partial charge in [0.15, 0.2) is 0 Å². The van der Waals surface area contributed by atoms with Crippen molar-refractivity contribution in [3.8, 4) is 5.75 Å². The minimum absolute atomic E-state index is 0.354. The van der Waals surface area contributed by atoms with Gasteiger partial charge in [-0.25, -0.2) is 0 Å². The van der Waals surface area contributed by atoms with E-state index in [4.69, 9.17) is 4.74 Å². The molecule has 0 bridgehead atoms. The first-order chi connectivity index (χ1) is 9.24. The molecule has 0 aliphatic heterocycles. The monoisotopic (exact) mass is 264 g/mol. The highest BCUT2D eigenvalue weighted by Gasteiger charge is 2.13. The summed E-state index contributed by atoms with van der Waals surface area (Å²) in [6, 6.07) is 8.68. The van der Waals surface area contributed by atoms with Crippen molar-refractivity contribution in [3.05, 3.63) is 29.8 Å². The molecule has 0 saturated carbocycles. The van der Waals surface area contributed by atoms with Gasteiger partial charge >= 0.3 is 0 Å². The standard InChI is InChI=1S/C16H28N2O/c1-5-7-11-18(6-2)13-16(17-3)14-9-8-10-15(12-14)19-4/h8-10,12,16-17H,5-7,11,13H2,1-4H3.